The zero-order valence-electron chi connectivity index (χ0n) is 8.21. The predicted molar refractivity (Wildman–Crippen MR) is 48.8 cm³/mol. The summed E-state index contributed by atoms with van der Waals surface area (Å²) in [5.74, 6) is 0.156. The van der Waals surface area contributed by atoms with E-state index in [0.29, 0.717) is 5.92 Å². The van der Waals surface area contributed by atoms with Gasteiger partial charge >= 0.3 is 0 Å². The molecule has 3 heteroatoms. The molecule has 0 spiro atoms. The topological polar surface area (TPSA) is 63.3 Å². The van der Waals surface area contributed by atoms with Crippen LogP contribution in [-0.2, 0) is 4.79 Å². The van der Waals surface area contributed by atoms with Gasteiger partial charge in [-0.05, 0) is 30.6 Å². The third kappa shape index (κ3) is 0.857. The maximum absolute atomic E-state index is 11.3. The molecule has 3 atom stereocenters. The molecule has 0 aromatic heterocycles. The second kappa shape index (κ2) is 2.27. The molecular weight excluding hydrogens is 166 g/mol. The van der Waals surface area contributed by atoms with Crippen molar-refractivity contribution in [3.05, 3.63) is 0 Å². The molecule has 13 heavy (non-hydrogen) atoms. The maximum atomic E-state index is 11.3. The van der Waals surface area contributed by atoms with E-state index in [1.165, 1.54) is 0 Å². The number of hydrogen-bond acceptors (Lipinski definition) is 2. The standard InChI is InChI=1S/C10H17NO2/c1-9(2)6-3-4-10(5-6,7(9)12)8(11)13/h6-7,12H,3-5H2,1-2H3,(H2,11,13)/t6-,7+,10-/m0/s1. The Kier molecular flexibility index (Phi) is 1.57. The number of hydrogen-bond donors (Lipinski definition) is 2. The lowest BCUT2D eigenvalue weighted by Crippen LogP contribution is -2.48. The lowest BCUT2D eigenvalue weighted by Gasteiger charge is -2.39. The molecule has 74 valence electrons. The van der Waals surface area contributed by atoms with Crippen LogP contribution in [0.1, 0.15) is 33.1 Å². The van der Waals surface area contributed by atoms with Crippen LogP contribution in [0.2, 0.25) is 0 Å². The van der Waals surface area contributed by atoms with Gasteiger partial charge in [0.2, 0.25) is 5.91 Å². The number of rotatable bonds is 1. The van der Waals surface area contributed by atoms with E-state index in [9.17, 15) is 9.90 Å². The fourth-order valence-corrected chi connectivity index (χ4v) is 3.25. The summed E-state index contributed by atoms with van der Waals surface area (Å²) in [6.45, 7) is 4.07. The summed E-state index contributed by atoms with van der Waals surface area (Å²) in [5.41, 5.74) is 4.65. The van der Waals surface area contributed by atoms with Crippen molar-refractivity contribution in [1.29, 1.82) is 0 Å². The summed E-state index contributed by atoms with van der Waals surface area (Å²) >= 11 is 0. The Morgan fingerprint density at radius 3 is 2.46 bits per heavy atom. The second-order valence-corrected chi connectivity index (χ2v) is 5.18. The van der Waals surface area contributed by atoms with Gasteiger partial charge in [-0.15, -0.1) is 0 Å². The smallest absolute Gasteiger partial charge is 0.226 e. The van der Waals surface area contributed by atoms with Gasteiger partial charge in [0.25, 0.3) is 0 Å². The van der Waals surface area contributed by atoms with E-state index in [0.717, 1.165) is 19.3 Å². The third-order valence-electron chi connectivity index (χ3n) is 4.32. The first-order valence-corrected chi connectivity index (χ1v) is 4.89. The fourth-order valence-electron chi connectivity index (χ4n) is 3.25. The highest BCUT2D eigenvalue weighted by molar-refractivity contribution is 5.82. The molecule has 0 saturated heterocycles. The van der Waals surface area contributed by atoms with Crippen molar-refractivity contribution in [2.24, 2.45) is 22.5 Å². The molecule has 3 N–H and O–H groups in total. The van der Waals surface area contributed by atoms with Crippen molar-refractivity contribution >= 4 is 5.91 Å². The summed E-state index contributed by atoms with van der Waals surface area (Å²) < 4.78 is 0. The van der Waals surface area contributed by atoms with Crippen LogP contribution in [0, 0.1) is 16.7 Å². The summed E-state index contributed by atoms with van der Waals surface area (Å²) in [7, 11) is 0. The van der Waals surface area contributed by atoms with Gasteiger partial charge in [-0.1, -0.05) is 13.8 Å². The first-order chi connectivity index (χ1) is 5.91. The Morgan fingerprint density at radius 2 is 2.15 bits per heavy atom. The third-order valence-corrected chi connectivity index (χ3v) is 4.32. The van der Waals surface area contributed by atoms with Crippen molar-refractivity contribution in [2.75, 3.05) is 0 Å². The lowest BCUT2D eigenvalue weighted by molar-refractivity contribution is -0.137. The summed E-state index contributed by atoms with van der Waals surface area (Å²) in [6, 6.07) is 0. The summed E-state index contributed by atoms with van der Waals surface area (Å²) in [5, 5.41) is 10.1. The number of aliphatic hydroxyl groups is 1. The lowest BCUT2D eigenvalue weighted by atomic mass is 9.69. The van der Waals surface area contributed by atoms with Crippen LogP contribution in [0.25, 0.3) is 0 Å². The molecule has 0 radical (unpaired) electrons. The average Bonchev–Trinajstić information content (AvgIpc) is 2.53. The van der Waals surface area contributed by atoms with E-state index in [1.54, 1.807) is 0 Å². The molecule has 2 aliphatic rings. The van der Waals surface area contributed by atoms with Gasteiger partial charge in [0, 0.05) is 0 Å². The van der Waals surface area contributed by atoms with Crippen LogP contribution >= 0.6 is 0 Å². The minimum Gasteiger partial charge on any atom is -0.391 e. The van der Waals surface area contributed by atoms with Crippen LogP contribution in [0.5, 0.6) is 0 Å². The van der Waals surface area contributed by atoms with Gasteiger partial charge in [-0.3, -0.25) is 4.79 Å². The number of primary amides is 1. The Balaban J connectivity index is 2.40. The monoisotopic (exact) mass is 183 g/mol. The number of nitrogens with two attached hydrogens (primary N) is 1. The summed E-state index contributed by atoms with van der Waals surface area (Å²) in [4.78, 5) is 11.3. The van der Waals surface area contributed by atoms with Gasteiger partial charge < -0.3 is 10.8 Å². The molecule has 2 aliphatic carbocycles. The quantitative estimate of drug-likeness (QED) is 0.627. The highest BCUT2D eigenvalue weighted by Crippen LogP contribution is 2.62. The Morgan fingerprint density at radius 1 is 1.54 bits per heavy atom. The summed E-state index contributed by atoms with van der Waals surface area (Å²) in [6.07, 6.45) is 2.05. The van der Waals surface area contributed by atoms with Crippen LogP contribution in [-0.4, -0.2) is 17.1 Å². The van der Waals surface area contributed by atoms with E-state index < -0.39 is 11.5 Å². The first-order valence-electron chi connectivity index (χ1n) is 4.89. The van der Waals surface area contributed by atoms with E-state index in [1.807, 2.05) is 13.8 Å². The largest absolute Gasteiger partial charge is 0.391 e. The molecular formula is C10H17NO2. The first kappa shape index (κ1) is 9.00. The SMILES string of the molecule is CC1(C)[C@H]2CC[C@](C(N)=O)(C2)[C@@H]1O. The molecule has 2 saturated carbocycles. The van der Waals surface area contributed by atoms with Crippen molar-refractivity contribution in [1.82, 2.24) is 0 Å². The molecule has 2 rings (SSSR count). The van der Waals surface area contributed by atoms with Crippen molar-refractivity contribution < 1.29 is 9.90 Å². The van der Waals surface area contributed by atoms with E-state index in [-0.39, 0.29) is 11.3 Å². The molecule has 0 heterocycles. The van der Waals surface area contributed by atoms with Crippen LogP contribution in [0.3, 0.4) is 0 Å². The fraction of sp³-hybridized carbons (Fsp3) is 0.900. The molecule has 0 aliphatic heterocycles. The zero-order chi connectivity index (χ0) is 9.85. The molecule has 1 amide bonds. The van der Waals surface area contributed by atoms with Crippen LogP contribution < -0.4 is 5.73 Å². The Bertz CT molecular complexity index is 262. The minimum absolute atomic E-state index is 0.132. The van der Waals surface area contributed by atoms with Crippen molar-refractivity contribution in [3.63, 3.8) is 0 Å². The molecule has 0 unspecified atom stereocenters. The molecule has 0 aromatic carbocycles. The number of aliphatic hydroxyl groups excluding tert-OH is 1. The molecule has 2 bridgehead atoms. The van der Waals surface area contributed by atoms with E-state index in [4.69, 9.17) is 5.73 Å². The molecule has 2 fully saturated rings. The Labute approximate surface area is 78.3 Å². The van der Waals surface area contributed by atoms with Crippen molar-refractivity contribution in [2.45, 2.75) is 39.2 Å². The van der Waals surface area contributed by atoms with Crippen molar-refractivity contribution in [3.8, 4) is 0 Å². The highest BCUT2D eigenvalue weighted by Gasteiger charge is 2.64. The van der Waals surface area contributed by atoms with Gasteiger partial charge in [0.1, 0.15) is 0 Å². The number of carbonyl (C=O) groups excluding carboxylic acids is 1. The average molecular weight is 183 g/mol. The number of amides is 1. The minimum atomic E-state index is -0.603. The molecule has 3 nitrogen and oxygen atoms in total. The van der Waals surface area contributed by atoms with Gasteiger partial charge in [0.15, 0.2) is 0 Å². The van der Waals surface area contributed by atoms with Crippen LogP contribution in [0.15, 0.2) is 0 Å². The predicted octanol–water partition coefficient (Wildman–Crippen LogP) is 0.659. The normalized spacial score (nSPS) is 46.7. The molecule has 0 aromatic rings. The Hall–Kier alpha value is -0.570. The number of carbonyl (C=O) groups is 1. The van der Waals surface area contributed by atoms with Gasteiger partial charge in [0.05, 0.1) is 11.5 Å². The van der Waals surface area contributed by atoms with E-state index in [2.05, 4.69) is 0 Å². The zero-order valence-corrected chi connectivity index (χ0v) is 8.21. The van der Waals surface area contributed by atoms with Gasteiger partial charge in [-0.2, -0.15) is 0 Å². The van der Waals surface area contributed by atoms with Crippen LogP contribution in [0.4, 0.5) is 0 Å². The van der Waals surface area contributed by atoms with E-state index >= 15 is 0 Å². The highest BCUT2D eigenvalue weighted by atomic mass is 16.3. The maximum Gasteiger partial charge on any atom is 0.226 e. The second-order valence-electron chi connectivity index (χ2n) is 5.18. The number of fused-ring (bicyclic) bond motifs is 2. The van der Waals surface area contributed by atoms with Gasteiger partial charge in [-0.25, -0.2) is 0 Å².